The molecular formula is C11H13N3O4. The molecule has 0 aromatic heterocycles. The van der Waals surface area contributed by atoms with Crippen LogP contribution in [-0.2, 0) is 0 Å². The number of aliphatic hydroxyl groups is 1. The lowest BCUT2D eigenvalue weighted by atomic mass is 10.1. The Hall–Kier alpha value is -2.37. The molecule has 96 valence electrons. The quantitative estimate of drug-likeness (QED) is 0.458. The van der Waals surface area contributed by atoms with Crippen molar-refractivity contribution in [3.63, 3.8) is 0 Å². The van der Waals surface area contributed by atoms with Crippen LogP contribution in [0.5, 0.6) is 17.2 Å². The van der Waals surface area contributed by atoms with Crippen LogP contribution >= 0.6 is 0 Å². The van der Waals surface area contributed by atoms with E-state index in [0.717, 1.165) is 0 Å². The van der Waals surface area contributed by atoms with Crippen molar-refractivity contribution in [3.8, 4) is 17.2 Å². The summed E-state index contributed by atoms with van der Waals surface area (Å²) in [6.07, 6.45) is 3.17. The average Bonchev–Trinajstić information content (AvgIpc) is 2.39. The van der Waals surface area contributed by atoms with E-state index in [2.05, 4.69) is 10.0 Å². The van der Waals surface area contributed by atoms with Crippen molar-refractivity contribution >= 4 is 6.08 Å². The number of hydrogen-bond acceptors (Lipinski definition) is 5. The molecule has 0 heterocycles. The van der Waals surface area contributed by atoms with Crippen molar-refractivity contribution in [2.75, 3.05) is 20.4 Å². The van der Waals surface area contributed by atoms with Gasteiger partial charge in [-0.2, -0.15) is 0 Å². The van der Waals surface area contributed by atoms with Gasteiger partial charge in [0.1, 0.15) is 0 Å². The van der Waals surface area contributed by atoms with Crippen molar-refractivity contribution < 1.29 is 19.7 Å². The van der Waals surface area contributed by atoms with Gasteiger partial charge in [-0.3, -0.25) is 0 Å². The third-order valence-corrected chi connectivity index (χ3v) is 2.04. The highest BCUT2D eigenvalue weighted by Gasteiger charge is 2.10. The van der Waals surface area contributed by atoms with Crippen LogP contribution in [0.25, 0.3) is 16.5 Å². The van der Waals surface area contributed by atoms with E-state index in [1.165, 1.54) is 19.3 Å². The number of nitrogens with zero attached hydrogens (tertiary/aromatic N) is 3. The molecule has 1 aromatic rings. The zero-order valence-electron chi connectivity index (χ0n) is 9.78. The first-order valence-corrected chi connectivity index (χ1v) is 5.05. The number of azide groups is 1. The molecule has 0 saturated carbocycles. The second-order valence-corrected chi connectivity index (χ2v) is 3.16. The number of phenolic OH excluding ortho intramolecular Hbond substituents is 1. The van der Waals surface area contributed by atoms with Crippen molar-refractivity contribution in [2.24, 2.45) is 5.11 Å². The Morgan fingerprint density at radius 3 is 2.78 bits per heavy atom. The summed E-state index contributed by atoms with van der Waals surface area (Å²) < 4.78 is 10.1. The number of phenols is 1. The molecule has 0 atom stereocenters. The predicted octanol–water partition coefficient (Wildman–Crippen LogP) is 2.05. The molecule has 0 fully saturated rings. The monoisotopic (exact) mass is 251 g/mol. The maximum absolute atomic E-state index is 9.78. The number of aliphatic hydroxyl groups excluding tert-OH is 1. The van der Waals surface area contributed by atoms with Crippen LogP contribution in [0.1, 0.15) is 5.56 Å². The third kappa shape index (κ3) is 3.58. The van der Waals surface area contributed by atoms with E-state index in [9.17, 15) is 5.11 Å². The van der Waals surface area contributed by atoms with Crippen molar-refractivity contribution in [2.45, 2.75) is 0 Å². The molecule has 7 heteroatoms. The van der Waals surface area contributed by atoms with Gasteiger partial charge < -0.3 is 19.7 Å². The van der Waals surface area contributed by atoms with Crippen LogP contribution in [0, 0.1) is 0 Å². The van der Waals surface area contributed by atoms with Crippen LogP contribution in [0.4, 0.5) is 0 Å². The maximum atomic E-state index is 9.78. The zero-order chi connectivity index (χ0) is 13.4. The van der Waals surface area contributed by atoms with Crippen molar-refractivity contribution in [1.29, 1.82) is 0 Å². The third-order valence-electron chi connectivity index (χ3n) is 2.04. The van der Waals surface area contributed by atoms with E-state index < -0.39 is 0 Å². The Morgan fingerprint density at radius 1 is 1.44 bits per heavy atom. The Balaban J connectivity index is 3.05. The first-order chi connectivity index (χ1) is 8.72. The van der Waals surface area contributed by atoms with E-state index in [1.807, 2.05) is 0 Å². The van der Waals surface area contributed by atoms with Gasteiger partial charge in [-0.1, -0.05) is 17.3 Å². The summed E-state index contributed by atoms with van der Waals surface area (Å²) in [6, 6.07) is 3.12. The smallest absolute Gasteiger partial charge is 0.200 e. The van der Waals surface area contributed by atoms with Gasteiger partial charge in [0, 0.05) is 4.91 Å². The molecular weight excluding hydrogens is 238 g/mol. The number of hydrogen-bond donors (Lipinski definition) is 2. The Bertz CT molecular complexity index is 481. The maximum Gasteiger partial charge on any atom is 0.200 e. The van der Waals surface area contributed by atoms with Gasteiger partial charge in [0.25, 0.3) is 0 Å². The van der Waals surface area contributed by atoms with E-state index in [4.69, 9.17) is 20.1 Å². The molecule has 1 aromatic carbocycles. The number of benzene rings is 1. The topological polar surface area (TPSA) is 108 Å². The van der Waals surface area contributed by atoms with Crippen LogP contribution in [0.3, 0.4) is 0 Å². The second-order valence-electron chi connectivity index (χ2n) is 3.16. The van der Waals surface area contributed by atoms with E-state index in [-0.39, 0.29) is 30.6 Å². The summed E-state index contributed by atoms with van der Waals surface area (Å²) in [5.41, 5.74) is 8.81. The van der Waals surface area contributed by atoms with Crippen LogP contribution in [0.2, 0.25) is 0 Å². The lowest BCUT2D eigenvalue weighted by Crippen LogP contribution is -1.95. The molecule has 0 unspecified atom stereocenters. The number of methoxy groups -OCH3 is 1. The molecule has 0 aliphatic heterocycles. The lowest BCUT2D eigenvalue weighted by molar-refractivity contribution is 0.298. The van der Waals surface area contributed by atoms with Crippen LogP contribution in [-0.4, -0.2) is 30.7 Å². The molecule has 0 bridgehead atoms. The summed E-state index contributed by atoms with van der Waals surface area (Å²) in [7, 11) is 1.41. The van der Waals surface area contributed by atoms with Gasteiger partial charge in [0.05, 0.1) is 13.7 Å². The Kier molecular flexibility index (Phi) is 5.37. The van der Waals surface area contributed by atoms with E-state index in [1.54, 1.807) is 12.1 Å². The number of ether oxygens (including phenoxy) is 2. The van der Waals surface area contributed by atoms with Gasteiger partial charge >= 0.3 is 0 Å². The summed E-state index contributed by atoms with van der Waals surface area (Å²) >= 11 is 0. The minimum Gasteiger partial charge on any atom is -0.502 e. The van der Waals surface area contributed by atoms with Crippen LogP contribution in [0.15, 0.2) is 23.3 Å². The Labute approximate surface area is 104 Å². The molecule has 0 amide bonds. The predicted molar refractivity (Wildman–Crippen MR) is 65.4 cm³/mol. The largest absolute Gasteiger partial charge is 0.502 e. The summed E-state index contributed by atoms with van der Waals surface area (Å²) in [6.45, 7) is -0.335. The molecule has 1 rings (SSSR count). The zero-order valence-corrected chi connectivity index (χ0v) is 9.78. The molecule has 18 heavy (non-hydrogen) atoms. The molecule has 0 spiro atoms. The molecule has 0 aliphatic carbocycles. The first-order valence-electron chi connectivity index (χ1n) is 5.05. The fourth-order valence-electron chi connectivity index (χ4n) is 1.28. The van der Waals surface area contributed by atoms with Gasteiger partial charge in [0.15, 0.2) is 18.2 Å². The fraction of sp³-hybridized carbons (Fsp3) is 0.273. The standard InChI is InChI=1S/C11H13N3O4/c1-17-9-5-8(3-2-4-15)6-10(11(9)16)18-7-13-14-12/h2-3,5-6,15-16H,4,7H2,1H3/b3-2+. The highest BCUT2D eigenvalue weighted by Crippen LogP contribution is 2.37. The highest BCUT2D eigenvalue weighted by atomic mass is 16.5. The van der Waals surface area contributed by atoms with Crippen molar-refractivity contribution in [3.05, 3.63) is 34.2 Å². The second kappa shape index (κ2) is 7.05. The summed E-state index contributed by atoms with van der Waals surface area (Å²) in [4.78, 5) is 2.54. The molecule has 2 N–H and O–H groups in total. The SMILES string of the molecule is COc1cc(/C=C/CO)cc(OCN=[N+]=[N-])c1O. The minimum absolute atomic E-state index is 0.0991. The first kappa shape index (κ1) is 13.7. The number of rotatable bonds is 6. The number of aromatic hydroxyl groups is 1. The molecule has 0 aliphatic rings. The van der Waals surface area contributed by atoms with Gasteiger partial charge in [0.2, 0.25) is 5.75 Å². The van der Waals surface area contributed by atoms with Crippen molar-refractivity contribution in [1.82, 2.24) is 0 Å². The van der Waals surface area contributed by atoms with E-state index >= 15 is 0 Å². The minimum atomic E-state index is -0.236. The molecule has 7 nitrogen and oxygen atoms in total. The summed E-state index contributed by atoms with van der Waals surface area (Å²) in [5.74, 6) is 0.192. The molecule has 0 radical (unpaired) electrons. The van der Waals surface area contributed by atoms with Gasteiger partial charge in [-0.25, -0.2) is 0 Å². The average molecular weight is 251 g/mol. The highest BCUT2D eigenvalue weighted by molar-refractivity contribution is 5.61. The molecule has 0 saturated heterocycles. The van der Waals surface area contributed by atoms with Crippen LogP contribution < -0.4 is 9.47 Å². The fourth-order valence-corrected chi connectivity index (χ4v) is 1.28. The summed E-state index contributed by atoms with van der Waals surface area (Å²) in [5, 5.41) is 21.7. The van der Waals surface area contributed by atoms with E-state index in [0.29, 0.717) is 5.56 Å². The lowest BCUT2D eigenvalue weighted by Gasteiger charge is -2.10. The normalized spacial score (nSPS) is 10.1. The Morgan fingerprint density at radius 2 is 2.17 bits per heavy atom. The van der Waals surface area contributed by atoms with Gasteiger partial charge in [-0.15, -0.1) is 0 Å². The van der Waals surface area contributed by atoms with Gasteiger partial charge in [-0.05, 0) is 23.2 Å².